The van der Waals surface area contributed by atoms with Crippen LogP contribution in [0.3, 0.4) is 0 Å². The number of unbranched alkanes of at least 4 members (excludes halogenated alkanes) is 1. The van der Waals surface area contributed by atoms with Crippen LogP contribution in [0.4, 0.5) is 0 Å². The predicted molar refractivity (Wildman–Crippen MR) is 67.1 cm³/mol. The number of aliphatic carboxylic acids is 1. The van der Waals surface area contributed by atoms with Gasteiger partial charge in [0.1, 0.15) is 6.04 Å². The Labute approximate surface area is 104 Å². The summed E-state index contributed by atoms with van der Waals surface area (Å²) in [7, 11) is 0. The van der Waals surface area contributed by atoms with E-state index in [1.165, 1.54) is 19.4 Å². The van der Waals surface area contributed by atoms with Crippen LogP contribution in [0.5, 0.6) is 0 Å². The van der Waals surface area contributed by atoms with E-state index in [0.29, 0.717) is 6.04 Å². The highest BCUT2D eigenvalue weighted by molar-refractivity contribution is 5.73. The van der Waals surface area contributed by atoms with Crippen molar-refractivity contribution in [1.29, 1.82) is 0 Å². The average molecular weight is 240 g/mol. The second-order valence-corrected chi connectivity index (χ2v) is 5.32. The summed E-state index contributed by atoms with van der Waals surface area (Å²) in [6.45, 7) is 6.28. The summed E-state index contributed by atoms with van der Waals surface area (Å²) in [4.78, 5) is 16.1. The van der Waals surface area contributed by atoms with Gasteiger partial charge in [-0.1, -0.05) is 19.8 Å². The first-order valence-electron chi connectivity index (χ1n) is 6.93. The first kappa shape index (κ1) is 12.8. The number of piperazine rings is 1. The third-order valence-corrected chi connectivity index (χ3v) is 4.18. The molecule has 2 aliphatic rings. The van der Waals surface area contributed by atoms with Crippen LogP contribution in [0.15, 0.2) is 0 Å². The van der Waals surface area contributed by atoms with E-state index >= 15 is 0 Å². The SMILES string of the molecule is CCCCC(C(=O)O)N1CCN2CCCC2C1. The van der Waals surface area contributed by atoms with Gasteiger partial charge < -0.3 is 5.11 Å². The lowest BCUT2D eigenvalue weighted by Crippen LogP contribution is -2.55. The number of carboxylic acid groups (broad SMARTS) is 1. The Morgan fingerprint density at radius 2 is 2.24 bits per heavy atom. The van der Waals surface area contributed by atoms with E-state index in [2.05, 4.69) is 16.7 Å². The molecule has 0 saturated carbocycles. The fourth-order valence-corrected chi connectivity index (χ4v) is 3.16. The quantitative estimate of drug-likeness (QED) is 0.789. The second kappa shape index (κ2) is 5.83. The Morgan fingerprint density at radius 3 is 2.94 bits per heavy atom. The minimum atomic E-state index is -0.634. The summed E-state index contributed by atoms with van der Waals surface area (Å²) in [5, 5.41) is 9.34. The van der Waals surface area contributed by atoms with Crippen LogP contribution in [0.25, 0.3) is 0 Å². The summed E-state index contributed by atoms with van der Waals surface area (Å²) in [5.74, 6) is -0.634. The molecule has 0 aromatic carbocycles. The highest BCUT2D eigenvalue weighted by Gasteiger charge is 2.35. The molecule has 2 saturated heterocycles. The van der Waals surface area contributed by atoms with E-state index in [4.69, 9.17) is 0 Å². The van der Waals surface area contributed by atoms with Crippen LogP contribution in [-0.2, 0) is 4.79 Å². The van der Waals surface area contributed by atoms with Crippen molar-refractivity contribution in [2.24, 2.45) is 0 Å². The number of carboxylic acids is 1. The van der Waals surface area contributed by atoms with Gasteiger partial charge in [-0.15, -0.1) is 0 Å². The van der Waals surface area contributed by atoms with Crippen molar-refractivity contribution in [3.63, 3.8) is 0 Å². The van der Waals surface area contributed by atoms with Crippen LogP contribution in [0, 0.1) is 0 Å². The fourth-order valence-electron chi connectivity index (χ4n) is 3.16. The molecule has 0 aliphatic carbocycles. The third-order valence-electron chi connectivity index (χ3n) is 4.18. The van der Waals surface area contributed by atoms with Gasteiger partial charge in [-0.05, 0) is 25.8 Å². The molecular formula is C13H24N2O2. The van der Waals surface area contributed by atoms with Crippen LogP contribution >= 0.6 is 0 Å². The summed E-state index contributed by atoms with van der Waals surface area (Å²) >= 11 is 0. The molecule has 2 rings (SSSR count). The van der Waals surface area contributed by atoms with Crippen molar-refractivity contribution < 1.29 is 9.90 Å². The molecule has 2 atom stereocenters. The first-order chi connectivity index (χ1) is 8.22. The van der Waals surface area contributed by atoms with Gasteiger partial charge in [0.05, 0.1) is 0 Å². The maximum absolute atomic E-state index is 11.3. The van der Waals surface area contributed by atoms with Crippen molar-refractivity contribution in [3.8, 4) is 0 Å². The average Bonchev–Trinajstić information content (AvgIpc) is 2.76. The Kier molecular flexibility index (Phi) is 4.40. The lowest BCUT2D eigenvalue weighted by atomic mass is 10.0. The van der Waals surface area contributed by atoms with Crippen molar-refractivity contribution in [2.75, 3.05) is 26.2 Å². The van der Waals surface area contributed by atoms with Gasteiger partial charge in [0.25, 0.3) is 0 Å². The molecule has 2 aliphatic heterocycles. The Hall–Kier alpha value is -0.610. The van der Waals surface area contributed by atoms with Crippen molar-refractivity contribution in [2.45, 2.75) is 51.1 Å². The monoisotopic (exact) mass is 240 g/mol. The molecule has 1 N–H and O–H groups in total. The zero-order valence-corrected chi connectivity index (χ0v) is 10.8. The van der Waals surface area contributed by atoms with Gasteiger partial charge >= 0.3 is 5.97 Å². The number of hydrogen-bond donors (Lipinski definition) is 1. The molecule has 4 nitrogen and oxygen atoms in total. The number of carbonyl (C=O) groups is 1. The minimum absolute atomic E-state index is 0.252. The molecular weight excluding hydrogens is 216 g/mol. The van der Waals surface area contributed by atoms with Gasteiger partial charge in [-0.25, -0.2) is 0 Å². The van der Waals surface area contributed by atoms with Crippen molar-refractivity contribution >= 4 is 5.97 Å². The van der Waals surface area contributed by atoms with Crippen LogP contribution in [0.2, 0.25) is 0 Å². The van der Waals surface area contributed by atoms with Gasteiger partial charge in [-0.3, -0.25) is 14.6 Å². The summed E-state index contributed by atoms with van der Waals surface area (Å²) < 4.78 is 0. The number of rotatable bonds is 5. The lowest BCUT2D eigenvalue weighted by Gasteiger charge is -2.40. The maximum Gasteiger partial charge on any atom is 0.320 e. The highest BCUT2D eigenvalue weighted by Crippen LogP contribution is 2.23. The molecule has 0 aromatic rings. The normalized spacial score (nSPS) is 27.9. The maximum atomic E-state index is 11.3. The smallest absolute Gasteiger partial charge is 0.320 e. The third kappa shape index (κ3) is 2.99. The second-order valence-electron chi connectivity index (χ2n) is 5.32. The van der Waals surface area contributed by atoms with Crippen molar-refractivity contribution in [3.05, 3.63) is 0 Å². The summed E-state index contributed by atoms with van der Waals surface area (Å²) in [5.41, 5.74) is 0. The molecule has 0 bridgehead atoms. The predicted octanol–water partition coefficient (Wildman–Crippen LogP) is 1.41. The molecule has 4 heteroatoms. The molecule has 98 valence electrons. The Bertz CT molecular complexity index is 270. The Morgan fingerprint density at radius 1 is 1.41 bits per heavy atom. The number of hydrogen-bond acceptors (Lipinski definition) is 3. The molecule has 2 fully saturated rings. The van der Waals surface area contributed by atoms with Gasteiger partial charge in [0.2, 0.25) is 0 Å². The highest BCUT2D eigenvalue weighted by atomic mass is 16.4. The van der Waals surface area contributed by atoms with Gasteiger partial charge in [-0.2, -0.15) is 0 Å². The Balaban J connectivity index is 1.92. The van der Waals surface area contributed by atoms with E-state index < -0.39 is 5.97 Å². The van der Waals surface area contributed by atoms with Gasteiger partial charge in [0, 0.05) is 25.7 Å². The molecule has 2 unspecified atom stereocenters. The van der Waals surface area contributed by atoms with Crippen molar-refractivity contribution in [1.82, 2.24) is 9.80 Å². The van der Waals surface area contributed by atoms with Crippen LogP contribution < -0.4 is 0 Å². The first-order valence-corrected chi connectivity index (χ1v) is 6.93. The van der Waals surface area contributed by atoms with E-state index in [1.54, 1.807) is 0 Å². The molecule has 0 aromatic heterocycles. The molecule has 17 heavy (non-hydrogen) atoms. The zero-order valence-electron chi connectivity index (χ0n) is 10.8. The number of nitrogens with zero attached hydrogens (tertiary/aromatic N) is 2. The van der Waals surface area contributed by atoms with E-state index in [1.807, 2.05) is 0 Å². The number of fused-ring (bicyclic) bond motifs is 1. The summed E-state index contributed by atoms with van der Waals surface area (Å²) in [6.07, 6.45) is 5.43. The molecule has 0 radical (unpaired) electrons. The zero-order chi connectivity index (χ0) is 12.3. The molecule has 0 amide bonds. The minimum Gasteiger partial charge on any atom is -0.480 e. The molecule has 0 spiro atoms. The van der Waals surface area contributed by atoms with Crippen LogP contribution in [0.1, 0.15) is 39.0 Å². The van der Waals surface area contributed by atoms with E-state index in [9.17, 15) is 9.90 Å². The lowest BCUT2D eigenvalue weighted by molar-refractivity contribution is -0.144. The standard InChI is InChI=1S/C13H24N2O2/c1-2-3-6-12(13(16)17)15-9-8-14-7-4-5-11(14)10-15/h11-12H,2-10H2,1H3,(H,16,17). The van der Waals surface area contributed by atoms with E-state index in [0.717, 1.165) is 38.9 Å². The fraction of sp³-hybridized carbons (Fsp3) is 0.923. The van der Waals surface area contributed by atoms with E-state index in [-0.39, 0.29) is 6.04 Å². The van der Waals surface area contributed by atoms with Crippen LogP contribution in [-0.4, -0.2) is 59.1 Å². The van der Waals surface area contributed by atoms with Gasteiger partial charge in [0.15, 0.2) is 0 Å². The topological polar surface area (TPSA) is 43.8 Å². The summed E-state index contributed by atoms with van der Waals surface area (Å²) in [6, 6.07) is 0.366. The largest absolute Gasteiger partial charge is 0.480 e. The molecule has 2 heterocycles.